The maximum Gasteiger partial charge on any atom is 0.194 e. The van der Waals surface area contributed by atoms with E-state index < -0.39 is 0 Å². The lowest BCUT2D eigenvalue weighted by molar-refractivity contribution is 0.0792. The Morgan fingerprint density at radius 2 is 1.65 bits per heavy atom. The highest BCUT2D eigenvalue weighted by Gasteiger charge is 2.16. The van der Waals surface area contributed by atoms with Gasteiger partial charge in [0.05, 0.1) is 12.6 Å². The van der Waals surface area contributed by atoms with Crippen LogP contribution in [0, 0.1) is 0 Å². The fourth-order valence-electron chi connectivity index (χ4n) is 3.66. The molecule has 3 rings (SSSR count). The molecule has 170 valence electrons. The molecule has 2 aromatic rings. The molecule has 2 aromatic carbocycles. The highest BCUT2D eigenvalue weighted by atomic mass is 127. The molecule has 0 atom stereocenters. The molecule has 0 aliphatic carbocycles. The topological polar surface area (TPSA) is 51.1 Å². The predicted octanol–water partition coefficient (Wildman–Crippen LogP) is 4.51. The average Bonchev–Trinajstić information content (AvgIpc) is 2.75. The molecule has 0 radical (unpaired) electrons. The van der Waals surface area contributed by atoms with Gasteiger partial charge in [0.2, 0.25) is 0 Å². The van der Waals surface area contributed by atoms with Crippen LogP contribution in [0.25, 0.3) is 0 Å². The van der Waals surface area contributed by atoms with Gasteiger partial charge in [-0.05, 0) is 48.6 Å². The summed E-state index contributed by atoms with van der Waals surface area (Å²) in [5.74, 6) is 0.892. The minimum atomic E-state index is -0.120. The fourth-order valence-corrected chi connectivity index (χ4v) is 3.79. The van der Waals surface area contributed by atoms with Gasteiger partial charge in [0, 0.05) is 44.8 Å². The second-order valence-corrected chi connectivity index (χ2v) is 8.41. The van der Waals surface area contributed by atoms with Crippen LogP contribution in [0.2, 0.25) is 5.02 Å². The third-order valence-corrected chi connectivity index (χ3v) is 5.68. The van der Waals surface area contributed by atoms with Crippen LogP contribution in [-0.4, -0.2) is 53.7 Å². The smallest absolute Gasteiger partial charge is 0.194 e. The summed E-state index contributed by atoms with van der Waals surface area (Å²) in [4.78, 5) is 9.36. The first kappa shape index (κ1) is 25.9. The molecule has 7 heteroatoms. The number of aliphatic hydroxyl groups excluding tert-OH is 1. The molecule has 0 bridgehead atoms. The van der Waals surface area contributed by atoms with Crippen LogP contribution >= 0.6 is 35.6 Å². The molecular formula is C24H34ClIN4O. The second kappa shape index (κ2) is 13.3. The Kier molecular flexibility index (Phi) is 11.1. The standard InChI is InChI=1S/C24H33ClN4O.HI/c1-3-26-24(28(2)17-20-8-10-22(25)11-9-20)27-16-19-4-6-21(7-5-19)18-29-14-12-23(30)13-15-29;/h4-11,23,30H,3,12-18H2,1-2H3,(H,26,27);1H. The number of likely N-dealkylation sites (tertiary alicyclic amines) is 1. The van der Waals surface area contributed by atoms with Crippen molar-refractivity contribution in [1.82, 2.24) is 15.1 Å². The lowest BCUT2D eigenvalue weighted by atomic mass is 10.1. The summed E-state index contributed by atoms with van der Waals surface area (Å²) < 4.78 is 0. The van der Waals surface area contributed by atoms with Crippen LogP contribution < -0.4 is 5.32 Å². The van der Waals surface area contributed by atoms with Gasteiger partial charge in [0.1, 0.15) is 0 Å². The van der Waals surface area contributed by atoms with Crippen molar-refractivity contribution in [2.45, 2.75) is 45.5 Å². The van der Waals surface area contributed by atoms with Crippen LogP contribution in [0.3, 0.4) is 0 Å². The van der Waals surface area contributed by atoms with Crippen molar-refractivity contribution in [1.29, 1.82) is 0 Å². The third-order valence-electron chi connectivity index (χ3n) is 5.43. The Morgan fingerprint density at radius 1 is 1.06 bits per heavy atom. The van der Waals surface area contributed by atoms with Crippen LogP contribution in [0.1, 0.15) is 36.5 Å². The molecule has 5 nitrogen and oxygen atoms in total. The number of aliphatic hydroxyl groups is 1. The summed E-state index contributed by atoms with van der Waals surface area (Å²) >= 11 is 5.99. The summed E-state index contributed by atoms with van der Waals surface area (Å²) in [5.41, 5.74) is 3.70. The first-order valence-corrected chi connectivity index (χ1v) is 11.1. The minimum Gasteiger partial charge on any atom is -0.393 e. The van der Waals surface area contributed by atoms with E-state index in [1.807, 2.05) is 24.3 Å². The Morgan fingerprint density at radius 3 is 2.26 bits per heavy atom. The Labute approximate surface area is 208 Å². The van der Waals surface area contributed by atoms with Gasteiger partial charge in [0.25, 0.3) is 0 Å². The molecule has 1 heterocycles. The van der Waals surface area contributed by atoms with E-state index in [0.29, 0.717) is 6.54 Å². The zero-order valence-electron chi connectivity index (χ0n) is 18.4. The van der Waals surface area contributed by atoms with Crippen LogP contribution in [-0.2, 0) is 19.6 Å². The molecule has 1 aliphatic heterocycles. The molecule has 0 amide bonds. The lowest BCUT2D eigenvalue weighted by Crippen LogP contribution is -2.38. The first-order valence-electron chi connectivity index (χ1n) is 10.8. The van der Waals surface area contributed by atoms with Gasteiger partial charge in [-0.2, -0.15) is 0 Å². The Bertz CT molecular complexity index is 805. The maximum atomic E-state index is 9.65. The summed E-state index contributed by atoms with van der Waals surface area (Å²) in [6.45, 7) is 7.21. The fraction of sp³-hybridized carbons (Fsp3) is 0.458. The number of nitrogens with zero attached hydrogens (tertiary/aromatic N) is 3. The van der Waals surface area contributed by atoms with E-state index in [1.165, 1.54) is 16.7 Å². The van der Waals surface area contributed by atoms with Crippen molar-refractivity contribution < 1.29 is 5.11 Å². The van der Waals surface area contributed by atoms with Gasteiger partial charge in [-0.3, -0.25) is 4.90 Å². The highest BCUT2D eigenvalue weighted by molar-refractivity contribution is 14.0. The molecule has 0 unspecified atom stereocenters. The Hall–Kier alpha value is -1.35. The number of piperidine rings is 1. The third kappa shape index (κ3) is 8.60. The molecule has 0 spiro atoms. The van der Waals surface area contributed by atoms with Crippen molar-refractivity contribution in [2.24, 2.45) is 4.99 Å². The van der Waals surface area contributed by atoms with Crippen LogP contribution in [0.4, 0.5) is 0 Å². The number of benzene rings is 2. The summed E-state index contributed by atoms with van der Waals surface area (Å²) in [6, 6.07) is 16.7. The van der Waals surface area contributed by atoms with E-state index in [-0.39, 0.29) is 30.1 Å². The molecule has 2 N–H and O–H groups in total. The van der Waals surface area contributed by atoms with Crippen molar-refractivity contribution >= 4 is 41.5 Å². The van der Waals surface area contributed by atoms with Gasteiger partial charge in [-0.25, -0.2) is 4.99 Å². The first-order chi connectivity index (χ1) is 14.5. The van der Waals surface area contributed by atoms with E-state index in [2.05, 4.69) is 53.4 Å². The SMILES string of the molecule is CCNC(=NCc1ccc(CN2CCC(O)CC2)cc1)N(C)Cc1ccc(Cl)cc1.I. The van der Waals surface area contributed by atoms with Gasteiger partial charge >= 0.3 is 0 Å². The number of guanidine groups is 1. The van der Waals surface area contributed by atoms with E-state index in [9.17, 15) is 5.11 Å². The number of hydrogen-bond donors (Lipinski definition) is 2. The van der Waals surface area contributed by atoms with Crippen molar-refractivity contribution in [3.8, 4) is 0 Å². The predicted molar refractivity (Wildman–Crippen MR) is 140 cm³/mol. The van der Waals surface area contributed by atoms with Crippen LogP contribution in [0.15, 0.2) is 53.5 Å². The monoisotopic (exact) mass is 556 g/mol. The van der Waals surface area contributed by atoms with Gasteiger partial charge in [-0.15, -0.1) is 24.0 Å². The second-order valence-electron chi connectivity index (χ2n) is 7.98. The van der Waals surface area contributed by atoms with Gasteiger partial charge in [-0.1, -0.05) is 48.0 Å². The number of nitrogens with one attached hydrogen (secondary N) is 1. The lowest BCUT2D eigenvalue weighted by Gasteiger charge is -2.29. The normalized spacial score (nSPS) is 15.4. The summed E-state index contributed by atoms with van der Waals surface area (Å²) in [7, 11) is 2.05. The summed E-state index contributed by atoms with van der Waals surface area (Å²) in [6.07, 6.45) is 1.64. The molecule has 31 heavy (non-hydrogen) atoms. The molecule has 1 fully saturated rings. The minimum absolute atomic E-state index is 0. The number of halogens is 2. The van der Waals surface area contributed by atoms with Crippen molar-refractivity contribution in [3.63, 3.8) is 0 Å². The number of rotatable bonds is 7. The van der Waals surface area contributed by atoms with E-state index in [0.717, 1.165) is 56.5 Å². The molecule has 1 aliphatic rings. The van der Waals surface area contributed by atoms with E-state index in [1.54, 1.807) is 0 Å². The maximum absolute atomic E-state index is 9.65. The van der Waals surface area contributed by atoms with Crippen molar-refractivity contribution in [2.75, 3.05) is 26.7 Å². The van der Waals surface area contributed by atoms with E-state index in [4.69, 9.17) is 16.6 Å². The zero-order valence-corrected chi connectivity index (χ0v) is 21.5. The Balaban J connectivity index is 0.00000341. The number of hydrogen-bond acceptors (Lipinski definition) is 3. The summed E-state index contributed by atoms with van der Waals surface area (Å²) in [5, 5.41) is 13.8. The molecular weight excluding hydrogens is 523 g/mol. The molecule has 1 saturated heterocycles. The zero-order chi connectivity index (χ0) is 21.3. The van der Waals surface area contributed by atoms with Gasteiger partial charge in [0.15, 0.2) is 5.96 Å². The van der Waals surface area contributed by atoms with Crippen molar-refractivity contribution in [3.05, 3.63) is 70.2 Å². The van der Waals surface area contributed by atoms with Crippen LogP contribution in [0.5, 0.6) is 0 Å². The largest absolute Gasteiger partial charge is 0.393 e. The highest BCUT2D eigenvalue weighted by Crippen LogP contribution is 2.15. The van der Waals surface area contributed by atoms with E-state index >= 15 is 0 Å². The average molecular weight is 557 g/mol. The number of aliphatic imine (C=N–C) groups is 1. The quantitative estimate of drug-likeness (QED) is 0.299. The molecule has 0 saturated carbocycles. The molecule has 0 aromatic heterocycles. The van der Waals surface area contributed by atoms with Gasteiger partial charge < -0.3 is 15.3 Å².